The maximum atomic E-state index is 12.5. The van der Waals surface area contributed by atoms with Crippen molar-refractivity contribution in [1.82, 2.24) is 15.6 Å². The first-order valence-corrected chi connectivity index (χ1v) is 8.24. The maximum absolute atomic E-state index is 12.5. The molecule has 2 N–H and O–H groups in total. The number of hydrogen-bond acceptors (Lipinski definition) is 4. The van der Waals surface area contributed by atoms with Crippen LogP contribution in [0, 0.1) is 5.92 Å². The molecule has 0 radical (unpaired) electrons. The molecular weight excluding hydrogens is 456 g/mol. The van der Waals surface area contributed by atoms with E-state index in [9.17, 15) is 13.2 Å². The number of aliphatic imine (C=N–C) groups is 1. The van der Waals surface area contributed by atoms with Gasteiger partial charge in [-0.2, -0.15) is 13.2 Å². The van der Waals surface area contributed by atoms with Crippen molar-refractivity contribution in [2.75, 3.05) is 26.8 Å². The fourth-order valence-corrected chi connectivity index (χ4v) is 2.31. The first kappa shape index (κ1) is 23.4. The summed E-state index contributed by atoms with van der Waals surface area (Å²) in [6.07, 6.45) is -3.39. The van der Waals surface area contributed by atoms with Crippen LogP contribution in [0.5, 0.6) is 0 Å². The summed E-state index contributed by atoms with van der Waals surface area (Å²) < 4.78 is 42.8. The summed E-state index contributed by atoms with van der Waals surface area (Å²) in [5, 5.41) is 7.32. The Morgan fingerprint density at radius 2 is 2.04 bits per heavy atom. The Bertz CT molecular complexity index is 495. The molecule has 0 fully saturated rings. The molecular formula is C14H24F3IN4OS. The minimum atomic E-state index is -4.40. The first-order valence-electron chi connectivity index (χ1n) is 7.36. The van der Waals surface area contributed by atoms with E-state index in [2.05, 4.69) is 34.5 Å². The van der Waals surface area contributed by atoms with Gasteiger partial charge < -0.3 is 15.4 Å². The molecule has 0 aliphatic heterocycles. The lowest BCUT2D eigenvalue weighted by atomic mass is 10.1. The van der Waals surface area contributed by atoms with E-state index in [4.69, 9.17) is 4.74 Å². The molecule has 0 spiro atoms. The highest BCUT2D eigenvalue weighted by Gasteiger charge is 2.33. The van der Waals surface area contributed by atoms with Gasteiger partial charge in [-0.05, 0) is 12.3 Å². The molecule has 0 atom stereocenters. The Balaban J connectivity index is 0.00000529. The van der Waals surface area contributed by atoms with E-state index in [1.54, 1.807) is 7.05 Å². The van der Waals surface area contributed by atoms with Crippen LogP contribution in [0.2, 0.25) is 0 Å². The number of halogens is 4. The van der Waals surface area contributed by atoms with Crippen LogP contribution in [0.1, 0.15) is 31.0 Å². The largest absolute Gasteiger partial charge is 0.434 e. The van der Waals surface area contributed by atoms with Gasteiger partial charge in [0.2, 0.25) is 0 Å². The fraction of sp³-hybridized carbons (Fsp3) is 0.714. The van der Waals surface area contributed by atoms with Crippen molar-refractivity contribution < 1.29 is 17.9 Å². The quantitative estimate of drug-likeness (QED) is 0.259. The Morgan fingerprint density at radius 3 is 2.58 bits per heavy atom. The van der Waals surface area contributed by atoms with E-state index < -0.39 is 11.9 Å². The molecule has 0 bridgehead atoms. The number of rotatable bonds is 8. The average molecular weight is 480 g/mol. The molecule has 140 valence electrons. The smallest absolute Gasteiger partial charge is 0.380 e. The van der Waals surface area contributed by atoms with E-state index in [-0.39, 0.29) is 30.5 Å². The SMILES string of the molecule is CN=C(NCCOCCC(C)C)NCc1nc(C(F)(F)F)cs1.I. The topological polar surface area (TPSA) is 58.5 Å². The van der Waals surface area contributed by atoms with Gasteiger partial charge in [0, 0.05) is 25.6 Å². The van der Waals surface area contributed by atoms with Crippen LogP contribution in [0.15, 0.2) is 10.4 Å². The maximum Gasteiger partial charge on any atom is 0.434 e. The van der Waals surface area contributed by atoms with Crippen molar-refractivity contribution in [2.45, 2.75) is 33.0 Å². The number of ether oxygens (including phenoxy) is 1. The van der Waals surface area contributed by atoms with Crippen LogP contribution >= 0.6 is 35.3 Å². The summed E-state index contributed by atoms with van der Waals surface area (Å²) >= 11 is 0.965. The molecule has 0 aliphatic carbocycles. The normalized spacial score (nSPS) is 12.2. The van der Waals surface area contributed by atoms with Crippen molar-refractivity contribution >= 4 is 41.3 Å². The standard InChI is InChI=1S/C14H23F3N4OS.HI/c1-10(2)4-6-22-7-5-19-13(18-3)20-8-12-21-11(9-23-12)14(15,16)17;/h9-10H,4-8H2,1-3H3,(H2,18,19,20);1H. The zero-order chi connectivity index (χ0) is 17.3. The van der Waals surface area contributed by atoms with Crippen molar-refractivity contribution in [3.63, 3.8) is 0 Å². The fourth-order valence-electron chi connectivity index (χ4n) is 1.56. The van der Waals surface area contributed by atoms with Crippen LogP contribution < -0.4 is 10.6 Å². The van der Waals surface area contributed by atoms with Crippen LogP contribution in [0.3, 0.4) is 0 Å². The first-order chi connectivity index (χ1) is 10.8. The predicted octanol–water partition coefficient (Wildman–Crippen LogP) is 3.51. The molecule has 1 aromatic heterocycles. The second-order valence-electron chi connectivity index (χ2n) is 5.27. The number of aromatic nitrogens is 1. The lowest BCUT2D eigenvalue weighted by Gasteiger charge is -2.11. The highest BCUT2D eigenvalue weighted by Crippen LogP contribution is 2.29. The highest BCUT2D eigenvalue weighted by molar-refractivity contribution is 14.0. The number of hydrogen-bond donors (Lipinski definition) is 2. The number of alkyl halides is 3. The van der Waals surface area contributed by atoms with Gasteiger partial charge in [-0.3, -0.25) is 4.99 Å². The molecule has 0 aliphatic rings. The minimum Gasteiger partial charge on any atom is -0.380 e. The second kappa shape index (κ2) is 11.9. The molecule has 0 unspecified atom stereocenters. The Hall–Kier alpha value is -0.620. The highest BCUT2D eigenvalue weighted by atomic mass is 127. The monoisotopic (exact) mass is 480 g/mol. The molecule has 0 aromatic carbocycles. The van der Waals surface area contributed by atoms with Crippen molar-refractivity contribution in [2.24, 2.45) is 10.9 Å². The molecule has 0 saturated heterocycles. The molecule has 10 heteroatoms. The minimum absolute atomic E-state index is 0. The lowest BCUT2D eigenvalue weighted by Crippen LogP contribution is -2.38. The van der Waals surface area contributed by atoms with Gasteiger partial charge >= 0.3 is 6.18 Å². The van der Waals surface area contributed by atoms with Gasteiger partial charge in [0.1, 0.15) is 5.01 Å². The summed E-state index contributed by atoms with van der Waals surface area (Å²) in [5.41, 5.74) is -0.860. The van der Waals surface area contributed by atoms with E-state index >= 15 is 0 Å². The average Bonchev–Trinajstić information content (AvgIpc) is 2.94. The number of nitrogens with one attached hydrogen (secondary N) is 2. The van der Waals surface area contributed by atoms with E-state index in [1.807, 2.05) is 0 Å². The van der Waals surface area contributed by atoms with Gasteiger partial charge in [0.25, 0.3) is 0 Å². The van der Waals surface area contributed by atoms with Gasteiger partial charge in [-0.25, -0.2) is 4.98 Å². The van der Waals surface area contributed by atoms with E-state index in [1.165, 1.54) is 0 Å². The van der Waals surface area contributed by atoms with Gasteiger partial charge in [-0.1, -0.05) is 13.8 Å². The zero-order valence-corrected chi connectivity index (χ0v) is 17.1. The Kier molecular flexibility index (Phi) is 11.5. The zero-order valence-electron chi connectivity index (χ0n) is 13.9. The molecule has 1 aromatic rings. The number of nitrogens with zero attached hydrogens (tertiary/aromatic N) is 2. The molecule has 5 nitrogen and oxygen atoms in total. The predicted molar refractivity (Wildman–Crippen MR) is 101 cm³/mol. The third kappa shape index (κ3) is 9.62. The molecule has 0 amide bonds. The Labute approximate surface area is 161 Å². The van der Waals surface area contributed by atoms with Crippen molar-refractivity contribution in [1.29, 1.82) is 0 Å². The number of guanidine groups is 1. The van der Waals surface area contributed by atoms with Crippen LogP contribution in [0.25, 0.3) is 0 Å². The van der Waals surface area contributed by atoms with Crippen molar-refractivity contribution in [3.8, 4) is 0 Å². The number of thiazole rings is 1. The molecule has 1 heterocycles. The van der Waals surface area contributed by atoms with Gasteiger partial charge in [0.05, 0.1) is 13.2 Å². The summed E-state index contributed by atoms with van der Waals surface area (Å²) in [6, 6.07) is 0. The van der Waals surface area contributed by atoms with Gasteiger partial charge in [0.15, 0.2) is 11.7 Å². The van der Waals surface area contributed by atoms with Crippen molar-refractivity contribution in [3.05, 3.63) is 16.1 Å². The lowest BCUT2D eigenvalue weighted by molar-refractivity contribution is -0.140. The third-order valence-electron chi connectivity index (χ3n) is 2.85. The molecule has 24 heavy (non-hydrogen) atoms. The molecule has 0 saturated carbocycles. The second-order valence-corrected chi connectivity index (χ2v) is 6.21. The Morgan fingerprint density at radius 1 is 1.33 bits per heavy atom. The van der Waals surface area contributed by atoms with Gasteiger partial charge in [-0.15, -0.1) is 35.3 Å². The molecule has 1 rings (SSSR count). The third-order valence-corrected chi connectivity index (χ3v) is 3.70. The van der Waals surface area contributed by atoms with Crippen LogP contribution in [-0.2, 0) is 17.5 Å². The summed E-state index contributed by atoms with van der Waals surface area (Å²) in [4.78, 5) is 7.55. The van der Waals surface area contributed by atoms with E-state index in [0.29, 0.717) is 36.6 Å². The van der Waals surface area contributed by atoms with Crippen LogP contribution in [0.4, 0.5) is 13.2 Å². The summed E-state index contributed by atoms with van der Waals surface area (Å²) in [6.45, 7) is 6.29. The summed E-state index contributed by atoms with van der Waals surface area (Å²) in [7, 11) is 1.60. The van der Waals surface area contributed by atoms with Crippen LogP contribution in [-0.4, -0.2) is 37.7 Å². The van der Waals surface area contributed by atoms with E-state index in [0.717, 1.165) is 23.1 Å². The summed E-state index contributed by atoms with van der Waals surface area (Å²) in [5.74, 6) is 1.11.